The van der Waals surface area contributed by atoms with Crippen molar-refractivity contribution >= 4 is 81.6 Å². The predicted octanol–water partition coefficient (Wildman–Crippen LogP) is 12.9. The third kappa shape index (κ3) is 4.25. The number of hydrogen-bond donors (Lipinski definition) is 0. The van der Waals surface area contributed by atoms with Crippen molar-refractivity contribution in [3.8, 4) is 22.6 Å². The van der Waals surface area contributed by atoms with Crippen molar-refractivity contribution in [2.75, 3.05) is 4.90 Å². The molecular formula is C43H26N2O2S. The van der Waals surface area contributed by atoms with E-state index in [-0.39, 0.29) is 0 Å². The van der Waals surface area contributed by atoms with Crippen LogP contribution in [0.25, 0.3) is 75.8 Å². The Morgan fingerprint density at radius 3 is 2.10 bits per heavy atom. The van der Waals surface area contributed by atoms with Gasteiger partial charge in [-0.05, 0) is 71.8 Å². The van der Waals surface area contributed by atoms with Crippen LogP contribution in [0.4, 0.5) is 17.1 Å². The Bertz CT molecular complexity index is 2760. The van der Waals surface area contributed by atoms with Gasteiger partial charge in [0.1, 0.15) is 11.1 Å². The van der Waals surface area contributed by atoms with Gasteiger partial charge in [-0.1, -0.05) is 97.1 Å². The Hall–Kier alpha value is -6.17. The van der Waals surface area contributed by atoms with Crippen molar-refractivity contribution in [3.05, 3.63) is 158 Å². The summed E-state index contributed by atoms with van der Waals surface area (Å²) < 4.78 is 15.2. The summed E-state index contributed by atoms with van der Waals surface area (Å²) in [6.45, 7) is 0. The first-order chi connectivity index (χ1) is 23.8. The molecule has 0 aliphatic heterocycles. The lowest BCUT2D eigenvalue weighted by atomic mass is 10.0. The highest BCUT2D eigenvalue weighted by atomic mass is 32.1. The minimum Gasteiger partial charge on any atom is -0.454 e. The van der Waals surface area contributed by atoms with Crippen LogP contribution in [0, 0.1) is 0 Å². The molecule has 0 aliphatic carbocycles. The standard InChI is InChI=1S/C43H26N2O2S/c1-2-10-27(11-3-1)28-20-22-29(23-21-28)45(36-16-8-13-32-31-12-4-6-17-37(31)46-42(32)36)30-24-25-33-40(26-30)48-39-19-9-14-34(41(33)39)43-44-35-15-5-7-18-38(35)47-43/h1-26H. The van der Waals surface area contributed by atoms with Crippen molar-refractivity contribution in [2.45, 2.75) is 0 Å². The van der Waals surface area contributed by atoms with Crippen LogP contribution in [0.3, 0.4) is 0 Å². The van der Waals surface area contributed by atoms with Crippen LogP contribution in [-0.2, 0) is 0 Å². The predicted molar refractivity (Wildman–Crippen MR) is 200 cm³/mol. The van der Waals surface area contributed by atoms with Crippen molar-refractivity contribution in [1.29, 1.82) is 0 Å². The van der Waals surface area contributed by atoms with E-state index in [1.807, 2.05) is 42.5 Å². The first kappa shape index (κ1) is 27.0. The normalized spacial score (nSPS) is 11.8. The molecule has 0 saturated heterocycles. The van der Waals surface area contributed by atoms with Crippen LogP contribution in [0.5, 0.6) is 0 Å². The Morgan fingerprint density at radius 1 is 0.500 bits per heavy atom. The van der Waals surface area contributed by atoms with Gasteiger partial charge in [-0.2, -0.15) is 0 Å². The molecule has 226 valence electrons. The molecule has 0 saturated carbocycles. The summed E-state index contributed by atoms with van der Waals surface area (Å²) in [5.41, 5.74) is 9.86. The molecule has 10 rings (SSSR count). The second-order valence-electron chi connectivity index (χ2n) is 11.9. The second-order valence-corrected chi connectivity index (χ2v) is 13.0. The van der Waals surface area contributed by atoms with Crippen molar-refractivity contribution < 1.29 is 8.83 Å². The monoisotopic (exact) mass is 634 g/mol. The highest BCUT2D eigenvalue weighted by Gasteiger charge is 2.21. The van der Waals surface area contributed by atoms with Crippen LogP contribution in [-0.4, -0.2) is 4.98 Å². The number of oxazole rings is 1. The molecule has 0 bridgehead atoms. The number of hydrogen-bond acceptors (Lipinski definition) is 5. The molecular weight excluding hydrogens is 609 g/mol. The van der Waals surface area contributed by atoms with E-state index in [0.29, 0.717) is 5.89 Å². The molecule has 0 fully saturated rings. The fourth-order valence-corrected chi connectivity index (χ4v) is 8.05. The van der Waals surface area contributed by atoms with Gasteiger partial charge in [-0.3, -0.25) is 0 Å². The number of aromatic nitrogens is 1. The number of furan rings is 1. The maximum Gasteiger partial charge on any atom is 0.227 e. The van der Waals surface area contributed by atoms with Gasteiger partial charge in [0.15, 0.2) is 11.2 Å². The van der Waals surface area contributed by atoms with Gasteiger partial charge >= 0.3 is 0 Å². The molecule has 0 amide bonds. The van der Waals surface area contributed by atoms with E-state index in [1.54, 1.807) is 11.3 Å². The van der Waals surface area contributed by atoms with Crippen LogP contribution in [0.2, 0.25) is 0 Å². The van der Waals surface area contributed by atoms with Crippen LogP contribution in [0.15, 0.2) is 167 Å². The Labute approximate surface area is 279 Å². The quantitative estimate of drug-likeness (QED) is 0.189. The largest absolute Gasteiger partial charge is 0.454 e. The molecule has 0 atom stereocenters. The Kier molecular flexibility index (Phi) is 6.01. The third-order valence-electron chi connectivity index (χ3n) is 9.12. The van der Waals surface area contributed by atoms with Gasteiger partial charge in [0.05, 0.1) is 5.69 Å². The number of nitrogens with zero attached hydrogens (tertiary/aromatic N) is 2. The van der Waals surface area contributed by atoms with E-state index in [9.17, 15) is 0 Å². The molecule has 5 heteroatoms. The summed E-state index contributed by atoms with van der Waals surface area (Å²) in [7, 11) is 0. The van der Waals surface area contributed by atoms with Gasteiger partial charge in [0.2, 0.25) is 5.89 Å². The molecule has 0 radical (unpaired) electrons. The summed E-state index contributed by atoms with van der Waals surface area (Å²) in [4.78, 5) is 7.15. The van der Waals surface area contributed by atoms with Gasteiger partial charge in [0, 0.05) is 47.9 Å². The zero-order valence-electron chi connectivity index (χ0n) is 25.6. The highest BCUT2D eigenvalue weighted by Crippen LogP contribution is 2.46. The zero-order valence-corrected chi connectivity index (χ0v) is 26.4. The molecule has 0 spiro atoms. The lowest BCUT2D eigenvalue weighted by Crippen LogP contribution is -2.10. The minimum atomic E-state index is 0.641. The van der Waals surface area contributed by atoms with E-state index in [1.165, 1.54) is 25.9 Å². The van der Waals surface area contributed by atoms with Gasteiger partial charge in [0.25, 0.3) is 0 Å². The lowest BCUT2D eigenvalue weighted by molar-refractivity contribution is 0.620. The summed E-state index contributed by atoms with van der Waals surface area (Å²) in [5, 5.41) is 4.55. The average Bonchev–Trinajstić information content (AvgIpc) is 3.86. The van der Waals surface area contributed by atoms with Gasteiger partial charge in [-0.15, -0.1) is 11.3 Å². The van der Waals surface area contributed by atoms with Gasteiger partial charge < -0.3 is 13.7 Å². The van der Waals surface area contributed by atoms with Crippen molar-refractivity contribution in [3.63, 3.8) is 0 Å². The summed E-state index contributed by atoms with van der Waals surface area (Å²) in [6.07, 6.45) is 0. The maximum absolute atomic E-state index is 6.57. The van der Waals surface area contributed by atoms with Crippen LogP contribution >= 0.6 is 11.3 Å². The first-order valence-corrected chi connectivity index (χ1v) is 16.8. The van der Waals surface area contributed by atoms with Crippen molar-refractivity contribution in [2.24, 2.45) is 0 Å². The molecule has 7 aromatic carbocycles. The number of benzene rings is 7. The molecule has 3 heterocycles. The van der Waals surface area contributed by atoms with Crippen LogP contribution < -0.4 is 4.90 Å². The highest BCUT2D eigenvalue weighted by molar-refractivity contribution is 7.26. The molecule has 0 N–H and O–H groups in total. The van der Waals surface area contributed by atoms with Gasteiger partial charge in [-0.25, -0.2) is 4.98 Å². The summed E-state index contributed by atoms with van der Waals surface area (Å²) in [6, 6.07) is 55.0. The lowest BCUT2D eigenvalue weighted by Gasteiger charge is -2.26. The number of anilines is 3. The SMILES string of the molecule is c1ccc(-c2ccc(N(c3ccc4c(c3)sc3cccc(-c5nc6ccccc6o5)c34)c3cccc4c3oc3ccccc34)cc2)cc1. The fraction of sp³-hybridized carbons (Fsp3) is 0. The second kappa shape index (κ2) is 10.7. The third-order valence-corrected chi connectivity index (χ3v) is 10.2. The molecule has 48 heavy (non-hydrogen) atoms. The molecule has 0 unspecified atom stereocenters. The smallest absolute Gasteiger partial charge is 0.227 e. The number of thiophene rings is 1. The number of rotatable bonds is 5. The summed E-state index contributed by atoms with van der Waals surface area (Å²) in [5.74, 6) is 0.641. The fourth-order valence-electron chi connectivity index (χ4n) is 6.89. The van der Waals surface area contributed by atoms with E-state index < -0.39 is 0 Å². The van der Waals surface area contributed by atoms with E-state index >= 15 is 0 Å². The minimum absolute atomic E-state index is 0.641. The van der Waals surface area contributed by atoms with E-state index in [2.05, 4.69) is 120 Å². The molecule has 4 nitrogen and oxygen atoms in total. The number of fused-ring (bicyclic) bond motifs is 7. The Morgan fingerprint density at radius 2 is 1.23 bits per heavy atom. The zero-order chi connectivity index (χ0) is 31.6. The number of para-hydroxylation sites is 4. The summed E-state index contributed by atoms with van der Waals surface area (Å²) >= 11 is 1.79. The average molecular weight is 635 g/mol. The first-order valence-electron chi connectivity index (χ1n) is 16.0. The Balaban J connectivity index is 1.17. The van der Waals surface area contributed by atoms with E-state index in [4.69, 9.17) is 13.8 Å². The topological polar surface area (TPSA) is 42.4 Å². The van der Waals surface area contributed by atoms with Crippen molar-refractivity contribution in [1.82, 2.24) is 4.98 Å². The van der Waals surface area contributed by atoms with Crippen LogP contribution in [0.1, 0.15) is 0 Å². The maximum atomic E-state index is 6.57. The van der Waals surface area contributed by atoms with E-state index in [0.717, 1.165) is 61.1 Å². The molecule has 0 aliphatic rings. The molecule has 3 aromatic heterocycles. The molecule has 10 aromatic rings.